The fourth-order valence-electron chi connectivity index (χ4n) is 4.29. The lowest BCUT2D eigenvalue weighted by atomic mass is 10.0. The third kappa shape index (κ3) is 3.19. The molecule has 2 amide bonds. The third-order valence-electron chi connectivity index (χ3n) is 5.78. The number of thioether (sulfide) groups is 1. The van der Waals surface area contributed by atoms with E-state index in [0.717, 1.165) is 5.56 Å². The van der Waals surface area contributed by atoms with Crippen molar-refractivity contribution in [2.75, 3.05) is 17.2 Å². The van der Waals surface area contributed by atoms with Crippen molar-refractivity contribution in [2.45, 2.75) is 11.4 Å². The van der Waals surface area contributed by atoms with Gasteiger partial charge in [-0.1, -0.05) is 29.8 Å². The SMILES string of the molecule is O=C(c1ccc(F)cc1)N1CCS[C@]12C(=O)N(Cc1ccccc1Cl)c1ccc(F)cc12. The number of hydrogen-bond acceptors (Lipinski definition) is 3. The number of carbonyl (C=O) groups excluding carboxylic acids is 2. The standard InChI is InChI=1S/C24H17ClF2N2O2S/c25-20-4-2-1-3-16(20)14-28-21-10-9-18(27)13-19(21)24(23(28)31)29(11-12-32-24)22(30)15-5-7-17(26)8-6-15/h1-10,13H,11-12,14H2/t24-/m1/s1. The van der Waals surface area contributed by atoms with Crippen molar-refractivity contribution in [2.24, 2.45) is 0 Å². The minimum Gasteiger partial charge on any atom is -0.311 e. The summed E-state index contributed by atoms with van der Waals surface area (Å²) in [5, 5.41) is 0.517. The van der Waals surface area contributed by atoms with Crippen LogP contribution in [0.5, 0.6) is 0 Å². The molecule has 32 heavy (non-hydrogen) atoms. The van der Waals surface area contributed by atoms with Crippen LogP contribution in [0.4, 0.5) is 14.5 Å². The highest BCUT2D eigenvalue weighted by atomic mass is 35.5. The van der Waals surface area contributed by atoms with E-state index in [1.807, 2.05) is 12.1 Å². The molecule has 162 valence electrons. The summed E-state index contributed by atoms with van der Waals surface area (Å²) in [6, 6.07) is 16.6. The maximum atomic E-state index is 14.3. The van der Waals surface area contributed by atoms with E-state index in [0.29, 0.717) is 28.6 Å². The smallest absolute Gasteiger partial charge is 0.268 e. The summed E-state index contributed by atoms with van der Waals surface area (Å²) >= 11 is 7.63. The van der Waals surface area contributed by atoms with Crippen LogP contribution in [0, 0.1) is 11.6 Å². The van der Waals surface area contributed by atoms with Gasteiger partial charge in [-0.2, -0.15) is 0 Å². The summed E-state index contributed by atoms with van der Waals surface area (Å²) in [6.07, 6.45) is 0. The predicted octanol–water partition coefficient (Wildman–Crippen LogP) is 5.21. The summed E-state index contributed by atoms with van der Waals surface area (Å²) in [7, 11) is 0. The zero-order valence-electron chi connectivity index (χ0n) is 16.7. The van der Waals surface area contributed by atoms with E-state index in [4.69, 9.17) is 11.6 Å². The Morgan fingerprint density at radius 3 is 2.50 bits per heavy atom. The second-order valence-corrected chi connectivity index (χ2v) is 9.30. The Kier molecular flexibility index (Phi) is 5.18. The molecule has 0 unspecified atom stereocenters. The van der Waals surface area contributed by atoms with Crippen LogP contribution in [0.1, 0.15) is 21.5 Å². The summed E-state index contributed by atoms with van der Waals surface area (Å²) in [5.74, 6) is -1.16. The highest BCUT2D eigenvalue weighted by Gasteiger charge is 2.59. The number of benzene rings is 3. The number of anilines is 1. The molecule has 0 aliphatic carbocycles. The van der Waals surface area contributed by atoms with Gasteiger partial charge in [-0.15, -0.1) is 11.8 Å². The van der Waals surface area contributed by atoms with Crippen molar-refractivity contribution in [1.82, 2.24) is 4.90 Å². The lowest BCUT2D eigenvalue weighted by Crippen LogP contribution is -2.50. The second kappa shape index (κ2) is 7.90. The molecule has 0 saturated carbocycles. The van der Waals surface area contributed by atoms with Crippen LogP contribution in [-0.2, 0) is 16.2 Å². The Balaban J connectivity index is 1.60. The van der Waals surface area contributed by atoms with Crippen molar-refractivity contribution < 1.29 is 18.4 Å². The molecule has 1 spiro atoms. The molecule has 3 aromatic rings. The van der Waals surface area contributed by atoms with Gasteiger partial charge in [-0.3, -0.25) is 9.59 Å². The molecular weight excluding hydrogens is 454 g/mol. The average Bonchev–Trinajstić information content (AvgIpc) is 3.32. The number of fused-ring (bicyclic) bond motifs is 2. The molecule has 4 nitrogen and oxygen atoms in total. The monoisotopic (exact) mass is 470 g/mol. The zero-order chi connectivity index (χ0) is 22.5. The van der Waals surface area contributed by atoms with Crippen molar-refractivity contribution in [3.8, 4) is 0 Å². The second-order valence-electron chi connectivity index (χ2n) is 7.60. The number of nitrogens with zero attached hydrogens (tertiary/aromatic N) is 2. The molecule has 1 fully saturated rings. The normalized spacial score (nSPS) is 19.7. The number of halogens is 3. The molecule has 0 aromatic heterocycles. The highest BCUT2D eigenvalue weighted by Crippen LogP contribution is 2.55. The van der Waals surface area contributed by atoms with Gasteiger partial charge in [-0.25, -0.2) is 8.78 Å². The largest absolute Gasteiger partial charge is 0.311 e. The minimum absolute atomic E-state index is 0.192. The molecular formula is C24H17ClF2N2O2S. The number of carbonyl (C=O) groups is 2. The van der Waals surface area contributed by atoms with Crippen LogP contribution in [-0.4, -0.2) is 29.0 Å². The summed E-state index contributed by atoms with van der Waals surface area (Å²) in [6.45, 7) is 0.501. The van der Waals surface area contributed by atoms with Crippen LogP contribution >= 0.6 is 23.4 Å². The third-order valence-corrected chi connectivity index (χ3v) is 7.57. The summed E-state index contributed by atoms with van der Waals surface area (Å²) in [5.41, 5.74) is 1.99. The van der Waals surface area contributed by atoms with Crippen LogP contribution < -0.4 is 4.90 Å². The van der Waals surface area contributed by atoms with E-state index in [-0.39, 0.29) is 18.0 Å². The summed E-state index contributed by atoms with van der Waals surface area (Å²) in [4.78, 5) is 28.9. The molecule has 2 heterocycles. The van der Waals surface area contributed by atoms with Crippen molar-refractivity contribution in [3.05, 3.63) is 100 Å². The van der Waals surface area contributed by atoms with Gasteiger partial charge in [0.2, 0.25) is 0 Å². The van der Waals surface area contributed by atoms with Gasteiger partial charge < -0.3 is 9.80 Å². The average molecular weight is 471 g/mol. The fourth-order valence-corrected chi connectivity index (χ4v) is 5.94. The number of amides is 2. The van der Waals surface area contributed by atoms with Crippen molar-refractivity contribution in [3.63, 3.8) is 0 Å². The van der Waals surface area contributed by atoms with Crippen molar-refractivity contribution in [1.29, 1.82) is 0 Å². The molecule has 0 radical (unpaired) electrons. The van der Waals surface area contributed by atoms with Gasteiger partial charge in [0.25, 0.3) is 11.8 Å². The van der Waals surface area contributed by atoms with Crippen LogP contribution in [0.25, 0.3) is 0 Å². The molecule has 1 saturated heterocycles. The molecule has 8 heteroatoms. The Bertz CT molecular complexity index is 1240. The number of hydrogen-bond donors (Lipinski definition) is 0. The van der Waals surface area contributed by atoms with Gasteiger partial charge in [0.05, 0.1) is 12.2 Å². The predicted molar refractivity (Wildman–Crippen MR) is 121 cm³/mol. The molecule has 0 N–H and O–H groups in total. The first kappa shape index (κ1) is 21.0. The molecule has 5 rings (SSSR count). The van der Waals surface area contributed by atoms with Crippen LogP contribution in [0.15, 0.2) is 66.7 Å². The first-order chi connectivity index (χ1) is 15.4. The molecule has 0 bridgehead atoms. The Labute approximate surface area is 192 Å². The zero-order valence-corrected chi connectivity index (χ0v) is 18.3. The quantitative estimate of drug-likeness (QED) is 0.528. The van der Waals surface area contributed by atoms with E-state index >= 15 is 0 Å². The van der Waals surface area contributed by atoms with Gasteiger partial charge in [0.1, 0.15) is 11.6 Å². The lowest BCUT2D eigenvalue weighted by molar-refractivity contribution is -0.123. The van der Waals surface area contributed by atoms with E-state index in [9.17, 15) is 18.4 Å². The van der Waals surface area contributed by atoms with E-state index < -0.39 is 22.4 Å². The minimum atomic E-state index is -1.38. The van der Waals surface area contributed by atoms with Gasteiger partial charge >= 0.3 is 0 Å². The fraction of sp³-hybridized carbons (Fsp3) is 0.167. The molecule has 3 aromatic carbocycles. The molecule has 2 aliphatic rings. The lowest BCUT2D eigenvalue weighted by Gasteiger charge is -2.33. The summed E-state index contributed by atoms with van der Waals surface area (Å²) < 4.78 is 27.7. The van der Waals surface area contributed by atoms with Crippen LogP contribution in [0.3, 0.4) is 0 Å². The maximum absolute atomic E-state index is 14.3. The Morgan fingerprint density at radius 2 is 1.75 bits per heavy atom. The van der Waals surface area contributed by atoms with Gasteiger partial charge in [0.15, 0.2) is 4.87 Å². The Morgan fingerprint density at radius 1 is 1.03 bits per heavy atom. The van der Waals surface area contributed by atoms with Crippen molar-refractivity contribution >= 4 is 40.9 Å². The number of rotatable bonds is 3. The van der Waals surface area contributed by atoms with Crippen LogP contribution in [0.2, 0.25) is 5.02 Å². The molecule has 2 aliphatic heterocycles. The van der Waals surface area contributed by atoms with E-state index in [1.165, 1.54) is 53.1 Å². The first-order valence-corrected chi connectivity index (χ1v) is 11.3. The molecule has 1 atom stereocenters. The first-order valence-electron chi connectivity index (χ1n) is 9.99. The van der Waals surface area contributed by atoms with Gasteiger partial charge in [-0.05, 0) is 54.1 Å². The van der Waals surface area contributed by atoms with E-state index in [1.54, 1.807) is 23.1 Å². The highest BCUT2D eigenvalue weighted by molar-refractivity contribution is 8.01. The van der Waals surface area contributed by atoms with Gasteiger partial charge in [0, 0.05) is 28.4 Å². The Hall–Kier alpha value is -2.90. The maximum Gasteiger partial charge on any atom is 0.268 e. The topological polar surface area (TPSA) is 40.6 Å². The van der Waals surface area contributed by atoms with E-state index in [2.05, 4.69) is 0 Å².